The van der Waals surface area contributed by atoms with Gasteiger partial charge >= 0.3 is 0 Å². The number of aliphatic hydroxyl groups excluding tert-OH is 1. The van der Waals surface area contributed by atoms with Crippen LogP contribution in [0, 0.1) is 0 Å². The second-order valence-corrected chi connectivity index (χ2v) is 4.10. The summed E-state index contributed by atoms with van der Waals surface area (Å²) in [6.45, 7) is 0.0432. The van der Waals surface area contributed by atoms with Gasteiger partial charge in [0.25, 0.3) is 11.8 Å². The highest BCUT2D eigenvalue weighted by Gasteiger charge is 2.09. The van der Waals surface area contributed by atoms with Crippen LogP contribution in [0.5, 0.6) is 5.75 Å². The molecule has 1 aromatic carbocycles. The molecule has 0 radical (unpaired) electrons. The summed E-state index contributed by atoms with van der Waals surface area (Å²) < 4.78 is 9.82. The van der Waals surface area contributed by atoms with E-state index in [4.69, 9.17) is 15.2 Å². The molecule has 7 nitrogen and oxygen atoms in total. The SMILES string of the molecule is COCC(O)CNC(=O)c1ccc(OCC(N)=O)cc1. The lowest BCUT2D eigenvalue weighted by Crippen LogP contribution is -2.34. The van der Waals surface area contributed by atoms with Crippen molar-refractivity contribution in [3.63, 3.8) is 0 Å². The van der Waals surface area contributed by atoms with E-state index in [-0.39, 0.29) is 25.7 Å². The van der Waals surface area contributed by atoms with E-state index >= 15 is 0 Å². The van der Waals surface area contributed by atoms with Crippen LogP contribution >= 0.6 is 0 Å². The third-order valence-electron chi connectivity index (χ3n) is 2.35. The van der Waals surface area contributed by atoms with Crippen molar-refractivity contribution in [2.45, 2.75) is 6.10 Å². The standard InChI is InChI=1S/C13H18N2O5/c1-19-7-10(16)6-15-13(18)9-2-4-11(5-3-9)20-8-12(14)17/h2-5,10,16H,6-8H2,1H3,(H2,14,17)(H,15,18). The van der Waals surface area contributed by atoms with Gasteiger partial charge in [0.05, 0.1) is 12.7 Å². The number of primary amides is 1. The molecule has 2 amide bonds. The van der Waals surface area contributed by atoms with Crippen molar-refractivity contribution >= 4 is 11.8 Å². The Hall–Kier alpha value is -2.12. The van der Waals surface area contributed by atoms with Crippen LogP contribution in [0.15, 0.2) is 24.3 Å². The molecule has 0 saturated heterocycles. The number of carbonyl (C=O) groups excluding carboxylic acids is 2. The normalized spacial score (nSPS) is 11.7. The van der Waals surface area contributed by atoms with Crippen LogP contribution in [0.25, 0.3) is 0 Å². The van der Waals surface area contributed by atoms with E-state index < -0.39 is 12.0 Å². The number of ether oxygens (including phenoxy) is 2. The summed E-state index contributed by atoms with van der Waals surface area (Å²) in [4.78, 5) is 22.3. The first kappa shape index (κ1) is 15.9. The van der Waals surface area contributed by atoms with Crippen molar-refractivity contribution in [3.8, 4) is 5.75 Å². The van der Waals surface area contributed by atoms with Gasteiger partial charge in [0, 0.05) is 19.2 Å². The maximum absolute atomic E-state index is 11.8. The number of benzene rings is 1. The number of rotatable bonds is 8. The Morgan fingerprint density at radius 3 is 2.55 bits per heavy atom. The van der Waals surface area contributed by atoms with E-state index in [1.165, 1.54) is 7.11 Å². The lowest BCUT2D eigenvalue weighted by atomic mass is 10.2. The van der Waals surface area contributed by atoms with E-state index in [2.05, 4.69) is 5.32 Å². The van der Waals surface area contributed by atoms with Crippen LogP contribution in [0.4, 0.5) is 0 Å². The van der Waals surface area contributed by atoms with Gasteiger partial charge in [-0.15, -0.1) is 0 Å². The number of hydrogen-bond donors (Lipinski definition) is 3. The molecule has 0 aliphatic carbocycles. The molecule has 1 atom stereocenters. The third-order valence-corrected chi connectivity index (χ3v) is 2.35. The summed E-state index contributed by atoms with van der Waals surface area (Å²) in [7, 11) is 1.47. The highest BCUT2D eigenvalue weighted by Crippen LogP contribution is 2.11. The molecule has 0 saturated carbocycles. The summed E-state index contributed by atoms with van der Waals surface area (Å²) >= 11 is 0. The van der Waals surface area contributed by atoms with E-state index in [9.17, 15) is 14.7 Å². The van der Waals surface area contributed by atoms with E-state index in [0.29, 0.717) is 11.3 Å². The summed E-state index contributed by atoms with van der Waals surface area (Å²) in [6, 6.07) is 6.22. The minimum atomic E-state index is -0.748. The van der Waals surface area contributed by atoms with Gasteiger partial charge in [-0.3, -0.25) is 9.59 Å². The number of amides is 2. The van der Waals surface area contributed by atoms with Crippen molar-refractivity contribution in [2.75, 3.05) is 26.9 Å². The van der Waals surface area contributed by atoms with Crippen molar-refractivity contribution in [3.05, 3.63) is 29.8 Å². The quantitative estimate of drug-likeness (QED) is 0.583. The average molecular weight is 282 g/mol. The predicted molar refractivity (Wildman–Crippen MR) is 71.3 cm³/mol. The Balaban J connectivity index is 2.46. The largest absolute Gasteiger partial charge is 0.484 e. The molecule has 1 aromatic rings. The predicted octanol–water partition coefficient (Wildman–Crippen LogP) is -0.712. The molecule has 7 heteroatoms. The van der Waals surface area contributed by atoms with Crippen molar-refractivity contribution in [1.29, 1.82) is 0 Å². The van der Waals surface area contributed by atoms with Crippen molar-refractivity contribution in [1.82, 2.24) is 5.32 Å². The van der Waals surface area contributed by atoms with Crippen LogP contribution in [0.3, 0.4) is 0 Å². The van der Waals surface area contributed by atoms with Gasteiger partial charge in [0.15, 0.2) is 6.61 Å². The van der Waals surface area contributed by atoms with Crippen LogP contribution in [0.1, 0.15) is 10.4 Å². The first-order valence-electron chi connectivity index (χ1n) is 5.99. The first-order valence-corrected chi connectivity index (χ1v) is 5.99. The monoisotopic (exact) mass is 282 g/mol. The molecule has 0 aliphatic heterocycles. The fourth-order valence-electron chi connectivity index (χ4n) is 1.42. The van der Waals surface area contributed by atoms with E-state index in [1.54, 1.807) is 24.3 Å². The van der Waals surface area contributed by atoms with Crippen molar-refractivity contribution in [2.24, 2.45) is 5.73 Å². The smallest absolute Gasteiger partial charge is 0.255 e. The summed E-state index contributed by atoms with van der Waals surface area (Å²) in [5.74, 6) is -0.444. The van der Waals surface area contributed by atoms with Crippen LogP contribution in [-0.2, 0) is 9.53 Å². The van der Waals surface area contributed by atoms with Crippen LogP contribution in [-0.4, -0.2) is 49.9 Å². The third kappa shape index (κ3) is 5.68. The zero-order valence-corrected chi connectivity index (χ0v) is 11.2. The van der Waals surface area contributed by atoms with E-state index in [1.807, 2.05) is 0 Å². The van der Waals surface area contributed by atoms with Gasteiger partial charge in [0.1, 0.15) is 5.75 Å². The first-order chi connectivity index (χ1) is 9.52. The molecule has 1 rings (SSSR count). The molecular formula is C13H18N2O5. The highest BCUT2D eigenvalue weighted by molar-refractivity contribution is 5.94. The minimum absolute atomic E-state index is 0.104. The van der Waals surface area contributed by atoms with Gasteiger partial charge in [-0.05, 0) is 24.3 Å². The topological polar surface area (TPSA) is 111 Å². The van der Waals surface area contributed by atoms with Crippen molar-refractivity contribution < 1.29 is 24.2 Å². The molecule has 0 aliphatic rings. The Morgan fingerprint density at radius 1 is 1.35 bits per heavy atom. The molecule has 1 unspecified atom stereocenters. The van der Waals surface area contributed by atoms with E-state index in [0.717, 1.165) is 0 Å². The second kappa shape index (κ2) is 8.13. The number of aliphatic hydroxyl groups is 1. The van der Waals surface area contributed by atoms with Gasteiger partial charge in [0.2, 0.25) is 0 Å². The number of nitrogens with one attached hydrogen (secondary N) is 1. The van der Waals surface area contributed by atoms with Crippen LogP contribution in [0.2, 0.25) is 0 Å². The summed E-state index contributed by atoms with van der Waals surface area (Å²) in [6.07, 6.45) is -0.748. The van der Waals surface area contributed by atoms with Gasteiger partial charge < -0.3 is 25.6 Å². The number of methoxy groups -OCH3 is 1. The molecule has 20 heavy (non-hydrogen) atoms. The number of hydrogen-bond acceptors (Lipinski definition) is 5. The molecule has 4 N–H and O–H groups in total. The Morgan fingerprint density at radius 2 is 2.00 bits per heavy atom. The maximum atomic E-state index is 11.8. The second-order valence-electron chi connectivity index (χ2n) is 4.10. The molecular weight excluding hydrogens is 264 g/mol. The lowest BCUT2D eigenvalue weighted by Gasteiger charge is -2.11. The van der Waals surface area contributed by atoms with Crippen LogP contribution < -0.4 is 15.8 Å². The number of nitrogens with two attached hydrogens (primary N) is 1. The molecule has 0 heterocycles. The zero-order chi connectivity index (χ0) is 15.0. The molecule has 0 fully saturated rings. The maximum Gasteiger partial charge on any atom is 0.255 e. The summed E-state index contributed by atoms with van der Waals surface area (Å²) in [5, 5.41) is 12.0. The Labute approximate surface area is 116 Å². The number of carbonyl (C=O) groups is 2. The molecule has 110 valence electrons. The fraction of sp³-hybridized carbons (Fsp3) is 0.385. The highest BCUT2D eigenvalue weighted by atomic mass is 16.5. The lowest BCUT2D eigenvalue weighted by molar-refractivity contribution is -0.119. The zero-order valence-electron chi connectivity index (χ0n) is 11.2. The van der Waals surface area contributed by atoms with Gasteiger partial charge in [-0.2, -0.15) is 0 Å². The minimum Gasteiger partial charge on any atom is -0.484 e. The Bertz CT molecular complexity index is 447. The molecule has 0 aromatic heterocycles. The summed E-state index contributed by atoms with van der Waals surface area (Å²) in [5.41, 5.74) is 5.37. The average Bonchev–Trinajstić information content (AvgIpc) is 2.43. The molecule has 0 spiro atoms. The van der Waals surface area contributed by atoms with Gasteiger partial charge in [-0.1, -0.05) is 0 Å². The Kier molecular flexibility index (Phi) is 6.48. The fourth-order valence-corrected chi connectivity index (χ4v) is 1.42. The van der Waals surface area contributed by atoms with Gasteiger partial charge in [-0.25, -0.2) is 0 Å². The molecule has 0 bridgehead atoms.